The maximum Gasteiger partial charge on any atom is 0.279 e. The van der Waals surface area contributed by atoms with E-state index in [2.05, 4.69) is 15.9 Å². The molecule has 2 nitrogen and oxygen atoms in total. The quantitative estimate of drug-likeness (QED) is 0.778. The van der Waals surface area contributed by atoms with Crippen molar-refractivity contribution < 1.29 is 8.78 Å². The van der Waals surface area contributed by atoms with Gasteiger partial charge in [0.15, 0.2) is 0 Å². The SMILES string of the molecule is O=c1ccc(Br)c(C(F)F)[nH]1. The minimum atomic E-state index is -2.65. The highest BCUT2D eigenvalue weighted by atomic mass is 79.9. The Hall–Kier alpha value is -0.710. The third-order valence-corrected chi connectivity index (χ3v) is 1.81. The summed E-state index contributed by atoms with van der Waals surface area (Å²) in [6.07, 6.45) is -2.65. The minimum absolute atomic E-state index is 0.215. The molecular formula is C6H4BrF2NO. The van der Waals surface area contributed by atoms with Crippen LogP contribution in [0.15, 0.2) is 21.4 Å². The lowest BCUT2D eigenvalue weighted by Gasteiger charge is -2.00. The molecule has 1 heterocycles. The topological polar surface area (TPSA) is 32.9 Å². The number of aromatic amines is 1. The van der Waals surface area contributed by atoms with E-state index in [1.54, 1.807) is 0 Å². The number of alkyl halides is 2. The molecule has 0 radical (unpaired) electrons. The summed E-state index contributed by atoms with van der Waals surface area (Å²) < 4.78 is 24.2. The third kappa shape index (κ3) is 1.86. The summed E-state index contributed by atoms with van der Waals surface area (Å²) in [5.74, 6) is 0. The van der Waals surface area contributed by atoms with Crippen molar-refractivity contribution >= 4 is 15.9 Å². The summed E-state index contributed by atoms with van der Waals surface area (Å²) in [5.41, 5.74) is -0.902. The number of aromatic nitrogens is 1. The average Bonchev–Trinajstić information content (AvgIpc) is 1.94. The lowest BCUT2D eigenvalue weighted by molar-refractivity contribution is 0.145. The van der Waals surface area contributed by atoms with Crippen molar-refractivity contribution in [3.8, 4) is 0 Å². The van der Waals surface area contributed by atoms with Gasteiger partial charge in [-0.15, -0.1) is 0 Å². The molecule has 1 aromatic heterocycles. The molecule has 60 valence electrons. The number of halogens is 3. The van der Waals surface area contributed by atoms with Crippen LogP contribution < -0.4 is 5.56 Å². The van der Waals surface area contributed by atoms with Crippen molar-refractivity contribution in [2.75, 3.05) is 0 Å². The van der Waals surface area contributed by atoms with Crippen LogP contribution in [-0.2, 0) is 0 Å². The smallest absolute Gasteiger partial charge is 0.279 e. The Morgan fingerprint density at radius 1 is 1.45 bits per heavy atom. The number of hydrogen-bond donors (Lipinski definition) is 1. The summed E-state index contributed by atoms with van der Waals surface area (Å²) in [6, 6.07) is 2.47. The Morgan fingerprint density at radius 2 is 2.09 bits per heavy atom. The Kier molecular flexibility index (Phi) is 2.38. The predicted molar refractivity (Wildman–Crippen MR) is 39.7 cm³/mol. The van der Waals surface area contributed by atoms with Gasteiger partial charge in [0.1, 0.15) is 0 Å². The van der Waals surface area contributed by atoms with Gasteiger partial charge in [-0.25, -0.2) is 8.78 Å². The Morgan fingerprint density at radius 3 is 2.55 bits per heavy atom. The van der Waals surface area contributed by atoms with Crippen LogP contribution in [0.4, 0.5) is 8.78 Å². The van der Waals surface area contributed by atoms with E-state index in [1.165, 1.54) is 12.1 Å². The van der Waals surface area contributed by atoms with Crippen molar-refractivity contribution in [3.05, 3.63) is 32.7 Å². The van der Waals surface area contributed by atoms with Crippen molar-refractivity contribution in [2.24, 2.45) is 0 Å². The molecule has 0 aromatic carbocycles. The molecule has 0 aliphatic heterocycles. The van der Waals surface area contributed by atoms with E-state index in [9.17, 15) is 13.6 Å². The summed E-state index contributed by atoms with van der Waals surface area (Å²) in [5, 5.41) is 0. The maximum atomic E-state index is 12.0. The van der Waals surface area contributed by atoms with E-state index in [4.69, 9.17) is 0 Å². The van der Waals surface area contributed by atoms with Crippen molar-refractivity contribution in [1.29, 1.82) is 0 Å². The van der Waals surface area contributed by atoms with Crippen molar-refractivity contribution in [2.45, 2.75) is 6.43 Å². The Bertz CT molecular complexity index is 310. The number of pyridine rings is 1. The second-order valence-corrected chi connectivity index (χ2v) is 2.74. The third-order valence-electron chi connectivity index (χ3n) is 1.11. The Labute approximate surface area is 69.4 Å². The van der Waals surface area contributed by atoms with Gasteiger partial charge in [0.2, 0.25) is 5.56 Å². The highest BCUT2D eigenvalue weighted by Crippen LogP contribution is 2.22. The fourth-order valence-corrected chi connectivity index (χ4v) is 1.04. The molecule has 0 atom stereocenters. The zero-order valence-electron chi connectivity index (χ0n) is 5.27. The summed E-state index contributed by atoms with van der Waals surface area (Å²) in [4.78, 5) is 12.6. The largest absolute Gasteiger partial charge is 0.320 e. The highest BCUT2D eigenvalue weighted by molar-refractivity contribution is 9.10. The van der Waals surface area contributed by atoms with Crippen LogP contribution in [0.2, 0.25) is 0 Å². The summed E-state index contributed by atoms with van der Waals surface area (Å²) >= 11 is 2.88. The average molecular weight is 224 g/mol. The predicted octanol–water partition coefficient (Wildman–Crippen LogP) is 2.08. The van der Waals surface area contributed by atoms with E-state index in [0.717, 1.165) is 0 Å². The molecule has 5 heteroatoms. The second-order valence-electron chi connectivity index (χ2n) is 1.88. The first-order valence-corrected chi connectivity index (χ1v) is 3.57. The Balaban J connectivity index is 3.23. The second kappa shape index (κ2) is 3.13. The van der Waals surface area contributed by atoms with Gasteiger partial charge in [0, 0.05) is 10.5 Å². The van der Waals surface area contributed by atoms with E-state index in [1.807, 2.05) is 4.98 Å². The van der Waals surface area contributed by atoms with Crippen LogP contribution in [0.1, 0.15) is 12.1 Å². The van der Waals surface area contributed by atoms with Gasteiger partial charge in [-0.05, 0) is 22.0 Å². The minimum Gasteiger partial charge on any atom is -0.320 e. The normalized spacial score (nSPS) is 10.5. The standard InChI is InChI=1S/C6H4BrF2NO/c7-3-1-2-4(11)10-5(3)6(8)9/h1-2,6H,(H,10,11). The maximum absolute atomic E-state index is 12.0. The number of H-pyrrole nitrogens is 1. The first kappa shape index (κ1) is 8.39. The van der Waals surface area contributed by atoms with Gasteiger partial charge in [0.05, 0.1) is 5.69 Å². The number of rotatable bonds is 1. The molecule has 0 bridgehead atoms. The van der Waals surface area contributed by atoms with E-state index in [0.29, 0.717) is 0 Å². The zero-order chi connectivity index (χ0) is 8.43. The molecular weight excluding hydrogens is 220 g/mol. The van der Waals surface area contributed by atoms with Crippen LogP contribution in [0, 0.1) is 0 Å². The van der Waals surface area contributed by atoms with Gasteiger partial charge >= 0.3 is 0 Å². The molecule has 1 N–H and O–H groups in total. The molecule has 0 aliphatic rings. The molecule has 0 spiro atoms. The summed E-state index contributed by atoms with van der Waals surface area (Å²) in [6.45, 7) is 0. The van der Waals surface area contributed by atoms with Crippen molar-refractivity contribution in [3.63, 3.8) is 0 Å². The van der Waals surface area contributed by atoms with Crippen LogP contribution in [0.3, 0.4) is 0 Å². The summed E-state index contributed by atoms with van der Waals surface area (Å²) in [7, 11) is 0. The number of hydrogen-bond acceptors (Lipinski definition) is 1. The molecule has 0 aliphatic carbocycles. The lowest BCUT2D eigenvalue weighted by Crippen LogP contribution is -2.07. The molecule has 11 heavy (non-hydrogen) atoms. The van der Waals surface area contributed by atoms with Crippen LogP contribution in [-0.4, -0.2) is 4.98 Å². The van der Waals surface area contributed by atoms with Gasteiger partial charge in [-0.2, -0.15) is 0 Å². The molecule has 0 unspecified atom stereocenters. The van der Waals surface area contributed by atoms with E-state index >= 15 is 0 Å². The molecule has 1 aromatic rings. The van der Waals surface area contributed by atoms with Gasteiger partial charge in [0.25, 0.3) is 6.43 Å². The van der Waals surface area contributed by atoms with Crippen molar-refractivity contribution in [1.82, 2.24) is 4.98 Å². The van der Waals surface area contributed by atoms with Crippen LogP contribution >= 0.6 is 15.9 Å². The first-order chi connectivity index (χ1) is 5.11. The van der Waals surface area contributed by atoms with Gasteiger partial charge < -0.3 is 4.98 Å². The van der Waals surface area contributed by atoms with Gasteiger partial charge in [-0.1, -0.05) is 0 Å². The molecule has 1 rings (SSSR count). The van der Waals surface area contributed by atoms with Crippen LogP contribution in [0.5, 0.6) is 0 Å². The molecule has 0 fully saturated rings. The molecule has 0 saturated heterocycles. The first-order valence-electron chi connectivity index (χ1n) is 2.78. The van der Waals surface area contributed by atoms with Gasteiger partial charge in [-0.3, -0.25) is 4.79 Å². The zero-order valence-corrected chi connectivity index (χ0v) is 6.86. The van der Waals surface area contributed by atoms with Crippen LogP contribution in [0.25, 0.3) is 0 Å². The molecule has 0 amide bonds. The van der Waals surface area contributed by atoms with E-state index < -0.39 is 12.0 Å². The number of nitrogens with one attached hydrogen (secondary N) is 1. The monoisotopic (exact) mass is 223 g/mol. The lowest BCUT2D eigenvalue weighted by atomic mass is 10.4. The fourth-order valence-electron chi connectivity index (χ4n) is 0.632. The fraction of sp³-hybridized carbons (Fsp3) is 0.167. The highest BCUT2D eigenvalue weighted by Gasteiger charge is 2.11. The molecule has 0 saturated carbocycles. The van der Waals surface area contributed by atoms with E-state index in [-0.39, 0.29) is 10.2 Å².